The van der Waals surface area contributed by atoms with Gasteiger partial charge in [0.05, 0.1) is 16.1 Å². The molecule has 0 aliphatic carbocycles. The number of H-pyrrole nitrogens is 1. The number of nitrogens with one attached hydrogen (secondary N) is 3. The van der Waals surface area contributed by atoms with Crippen molar-refractivity contribution in [2.75, 3.05) is 6.54 Å². The summed E-state index contributed by atoms with van der Waals surface area (Å²) in [6.45, 7) is 2.52. The van der Waals surface area contributed by atoms with Gasteiger partial charge in [0.25, 0.3) is 0 Å². The molecule has 4 rings (SSSR count). The van der Waals surface area contributed by atoms with E-state index < -0.39 is 17.7 Å². The molecule has 1 saturated heterocycles. The molecule has 2 amide bonds. The first-order chi connectivity index (χ1) is 13.4. The molecule has 1 aliphatic rings. The highest BCUT2D eigenvalue weighted by Gasteiger charge is 2.26. The molecule has 0 saturated carbocycles. The number of fused-ring (bicyclic) bond motifs is 1. The molecule has 3 aromatic rings. The molecule has 146 valence electrons. The molecule has 8 heteroatoms. The van der Waals surface area contributed by atoms with E-state index in [-0.39, 0.29) is 23.8 Å². The van der Waals surface area contributed by atoms with Gasteiger partial charge < -0.3 is 15.6 Å². The van der Waals surface area contributed by atoms with Crippen molar-refractivity contribution in [2.45, 2.75) is 32.2 Å². The van der Waals surface area contributed by atoms with E-state index >= 15 is 0 Å². The zero-order chi connectivity index (χ0) is 19.8. The number of thiophene rings is 1. The second-order valence-electron chi connectivity index (χ2n) is 6.90. The van der Waals surface area contributed by atoms with Crippen molar-refractivity contribution in [3.8, 4) is 10.6 Å². The molecule has 1 atom stereocenters. The van der Waals surface area contributed by atoms with Crippen LogP contribution in [-0.4, -0.2) is 29.4 Å². The third-order valence-electron chi connectivity index (χ3n) is 4.90. The number of halogens is 2. The number of hydrogen-bond donors (Lipinski definition) is 3. The van der Waals surface area contributed by atoms with Gasteiger partial charge in [0, 0.05) is 29.3 Å². The van der Waals surface area contributed by atoms with Gasteiger partial charge >= 0.3 is 0 Å². The number of aromatic amines is 1. The maximum absolute atomic E-state index is 14.3. The van der Waals surface area contributed by atoms with Crippen LogP contribution < -0.4 is 10.6 Å². The van der Waals surface area contributed by atoms with E-state index in [4.69, 9.17) is 0 Å². The Hall–Kier alpha value is -2.74. The molecule has 1 fully saturated rings. The lowest BCUT2D eigenvalue weighted by Crippen LogP contribution is -2.40. The standard InChI is InChI=1S/C20H19F2N3O2S/c1-10-2-4-16(28-10)19-12(13-8-11(21)9-14(22)18(13)25-19)3-5-17(26)24-15-6-7-23-20(15)27/h2,4,8-9,15,25H,3,5-7H2,1H3,(H,23,27)(H,24,26)/t15-/m0/s1. The minimum absolute atomic E-state index is 0.117. The number of amides is 2. The number of aromatic nitrogens is 1. The number of carbonyl (C=O) groups excluding carboxylic acids is 2. The molecular formula is C20H19F2N3O2S. The van der Waals surface area contributed by atoms with Crippen molar-refractivity contribution < 1.29 is 18.4 Å². The van der Waals surface area contributed by atoms with Crippen LogP contribution in [0.2, 0.25) is 0 Å². The second-order valence-corrected chi connectivity index (χ2v) is 8.19. The molecule has 1 aromatic carbocycles. The lowest BCUT2D eigenvalue weighted by molar-refractivity contribution is -0.127. The van der Waals surface area contributed by atoms with Crippen molar-refractivity contribution in [3.63, 3.8) is 0 Å². The van der Waals surface area contributed by atoms with Crippen molar-refractivity contribution in [3.05, 3.63) is 46.3 Å². The summed E-state index contributed by atoms with van der Waals surface area (Å²) in [5.74, 6) is -1.77. The normalized spacial score (nSPS) is 16.5. The molecule has 3 heterocycles. The van der Waals surface area contributed by atoms with Crippen molar-refractivity contribution in [2.24, 2.45) is 0 Å². The van der Waals surface area contributed by atoms with Crippen molar-refractivity contribution in [1.82, 2.24) is 15.6 Å². The third kappa shape index (κ3) is 3.52. The van der Waals surface area contributed by atoms with Crippen LogP contribution in [0.4, 0.5) is 8.78 Å². The lowest BCUT2D eigenvalue weighted by Gasteiger charge is -2.10. The first-order valence-corrected chi connectivity index (χ1v) is 9.87. The minimum atomic E-state index is -0.664. The van der Waals surface area contributed by atoms with Crippen molar-refractivity contribution >= 4 is 34.1 Å². The molecule has 28 heavy (non-hydrogen) atoms. The van der Waals surface area contributed by atoms with Crippen LogP contribution in [-0.2, 0) is 16.0 Å². The van der Waals surface area contributed by atoms with Gasteiger partial charge in [0.15, 0.2) is 0 Å². The Bertz CT molecular complexity index is 1070. The Morgan fingerprint density at radius 3 is 2.82 bits per heavy atom. The second kappa shape index (κ2) is 7.35. The minimum Gasteiger partial charge on any atom is -0.354 e. The van der Waals surface area contributed by atoms with E-state index in [1.54, 1.807) is 11.3 Å². The highest BCUT2D eigenvalue weighted by atomic mass is 32.1. The summed E-state index contributed by atoms with van der Waals surface area (Å²) in [4.78, 5) is 29.0. The van der Waals surface area contributed by atoms with Crippen LogP contribution in [0.3, 0.4) is 0 Å². The number of rotatable bonds is 5. The summed E-state index contributed by atoms with van der Waals surface area (Å²) in [6.07, 6.45) is 0.982. The summed E-state index contributed by atoms with van der Waals surface area (Å²) in [6, 6.07) is 5.50. The fraction of sp³-hybridized carbons (Fsp3) is 0.300. The zero-order valence-electron chi connectivity index (χ0n) is 15.2. The van der Waals surface area contributed by atoms with Gasteiger partial charge in [-0.2, -0.15) is 0 Å². The van der Waals surface area contributed by atoms with Crippen LogP contribution >= 0.6 is 11.3 Å². The number of benzene rings is 1. The van der Waals surface area contributed by atoms with Gasteiger partial charge in [-0.25, -0.2) is 8.78 Å². The van der Waals surface area contributed by atoms with E-state index in [0.29, 0.717) is 36.0 Å². The SMILES string of the molecule is Cc1ccc(-c2[nH]c3c(F)cc(F)cc3c2CCC(=O)N[C@H]2CCNC2=O)s1. The zero-order valence-corrected chi connectivity index (χ0v) is 16.0. The van der Waals surface area contributed by atoms with Crippen LogP contribution in [0.5, 0.6) is 0 Å². The van der Waals surface area contributed by atoms with Crippen LogP contribution in [0.15, 0.2) is 24.3 Å². The Morgan fingerprint density at radius 1 is 1.32 bits per heavy atom. The van der Waals surface area contributed by atoms with E-state index in [2.05, 4.69) is 15.6 Å². The fourth-order valence-corrected chi connectivity index (χ4v) is 4.44. The summed E-state index contributed by atoms with van der Waals surface area (Å²) < 4.78 is 28.1. The Balaban J connectivity index is 1.64. The van der Waals surface area contributed by atoms with Gasteiger partial charge in [-0.15, -0.1) is 11.3 Å². The molecule has 0 radical (unpaired) electrons. The van der Waals surface area contributed by atoms with Gasteiger partial charge in [-0.05, 0) is 43.5 Å². The summed E-state index contributed by atoms with van der Waals surface area (Å²) >= 11 is 1.54. The van der Waals surface area contributed by atoms with E-state index in [1.807, 2.05) is 19.1 Å². The molecule has 3 N–H and O–H groups in total. The monoisotopic (exact) mass is 403 g/mol. The number of hydrogen-bond acceptors (Lipinski definition) is 3. The Labute approximate surface area is 164 Å². The Kier molecular flexibility index (Phi) is 4.89. The quantitative estimate of drug-likeness (QED) is 0.611. The van der Waals surface area contributed by atoms with E-state index in [1.165, 1.54) is 6.07 Å². The highest BCUT2D eigenvalue weighted by Crippen LogP contribution is 2.36. The summed E-state index contributed by atoms with van der Waals surface area (Å²) in [5.41, 5.74) is 1.62. The molecule has 0 bridgehead atoms. The first-order valence-electron chi connectivity index (χ1n) is 9.06. The first kappa shape index (κ1) is 18.6. The van der Waals surface area contributed by atoms with Crippen LogP contribution in [0.25, 0.3) is 21.5 Å². The predicted octanol–water partition coefficient (Wildman–Crippen LogP) is 3.42. The molecule has 0 spiro atoms. The van der Waals surface area contributed by atoms with Gasteiger partial charge in [0.1, 0.15) is 17.7 Å². The highest BCUT2D eigenvalue weighted by molar-refractivity contribution is 7.15. The molecule has 2 aromatic heterocycles. The average Bonchev–Trinajstić information content (AvgIpc) is 3.33. The molecular weight excluding hydrogens is 384 g/mol. The van der Waals surface area contributed by atoms with E-state index in [9.17, 15) is 18.4 Å². The third-order valence-corrected chi connectivity index (χ3v) is 5.92. The molecule has 0 unspecified atom stereocenters. The predicted molar refractivity (Wildman–Crippen MR) is 104 cm³/mol. The van der Waals surface area contributed by atoms with Gasteiger partial charge in [-0.1, -0.05) is 0 Å². The topological polar surface area (TPSA) is 74.0 Å². The van der Waals surface area contributed by atoms with E-state index in [0.717, 1.165) is 15.8 Å². The maximum Gasteiger partial charge on any atom is 0.242 e. The van der Waals surface area contributed by atoms with Crippen LogP contribution in [0.1, 0.15) is 23.3 Å². The number of aryl methyl sites for hydroxylation is 2. The van der Waals surface area contributed by atoms with Gasteiger partial charge in [0.2, 0.25) is 11.8 Å². The summed E-state index contributed by atoms with van der Waals surface area (Å²) in [7, 11) is 0. The fourth-order valence-electron chi connectivity index (χ4n) is 3.55. The smallest absolute Gasteiger partial charge is 0.242 e. The largest absolute Gasteiger partial charge is 0.354 e. The number of carbonyl (C=O) groups is 2. The lowest BCUT2D eigenvalue weighted by atomic mass is 10.0. The molecule has 5 nitrogen and oxygen atoms in total. The average molecular weight is 403 g/mol. The summed E-state index contributed by atoms with van der Waals surface area (Å²) in [5, 5.41) is 5.83. The maximum atomic E-state index is 14.3. The van der Waals surface area contributed by atoms with Crippen molar-refractivity contribution in [1.29, 1.82) is 0 Å². The van der Waals surface area contributed by atoms with Gasteiger partial charge in [-0.3, -0.25) is 9.59 Å². The Morgan fingerprint density at radius 2 is 2.14 bits per heavy atom. The molecule has 1 aliphatic heterocycles. The van der Waals surface area contributed by atoms with Crippen LogP contribution in [0, 0.1) is 18.6 Å².